The summed E-state index contributed by atoms with van der Waals surface area (Å²) in [6, 6.07) is 10.5. The lowest BCUT2D eigenvalue weighted by Gasteiger charge is -2.10. The third-order valence-electron chi connectivity index (χ3n) is 3.05. The van der Waals surface area contributed by atoms with Crippen LogP contribution in [0.2, 0.25) is 0 Å². The number of benzene rings is 1. The fourth-order valence-corrected chi connectivity index (χ4v) is 1.94. The number of hydrogen-bond acceptors (Lipinski definition) is 5. The molecule has 118 valence electrons. The second-order valence-electron chi connectivity index (χ2n) is 5.60. The van der Waals surface area contributed by atoms with E-state index in [1.165, 1.54) is 0 Å². The predicted molar refractivity (Wildman–Crippen MR) is 89.2 cm³/mol. The number of carbonyl (C=O) groups excluding carboxylic acids is 1. The predicted octanol–water partition coefficient (Wildman–Crippen LogP) is 2.98. The zero-order valence-electron chi connectivity index (χ0n) is 13.4. The molecule has 23 heavy (non-hydrogen) atoms. The Kier molecular flexibility index (Phi) is 5.26. The van der Waals surface area contributed by atoms with Crippen LogP contribution in [-0.2, 0) is 0 Å². The summed E-state index contributed by atoms with van der Waals surface area (Å²) in [4.78, 5) is 20.9. The third-order valence-corrected chi connectivity index (χ3v) is 3.05. The lowest BCUT2D eigenvalue weighted by Crippen LogP contribution is -2.18. The standard InChI is InChI=1S/C17H19N5O/c1-11(2)10-19-17-20-12(3)8-15(22-17)16(23)21-14-7-5-4-6-13(14)9-18/h4-8,11H,10H2,1-3H3,(H,21,23)(H,19,20,22). The number of rotatable bonds is 5. The van der Waals surface area contributed by atoms with Crippen molar-refractivity contribution in [2.45, 2.75) is 20.8 Å². The minimum absolute atomic E-state index is 0.261. The highest BCUT2D eigenvalue weighted by atomic mass is 16.1. The molecule has 0 atom stereocenters. The SMILES string of the molecule is Cc1cc(C(=O)Nc2ccccc2C#N)nc(NCC(C)C)n1. The summed E-state index contributed by atoms with van der Waals surface area (Å²) < 4.78 is 0. The van der Waals surface area contributed by atoms with Crippen molar-refractivity contribution in [2.24, 2.45) is 5.92 Å². The van der Waals surface area contributed by atoms with Gasteiger partial charge in [-0.25, -0.2) is 9.97 Å². The molecule has 0 unspecified atom stereocenters. The molecule has 1 aromatic carbocycles. The van der Waals surface area contributed by atoms with E-state index in [0.717, 1.165) is 6.54 Å². The van der Waals surface area contributed by atoms with Crippen molar-refractivity contribution in [2.75, 3.05) is 17.2 Å². The molecule has 0 aliphatic carbocycles. The zero-order valence-corrected chi connectivity index (χ0v) is 13.4. The van der Waals surface area contributed by atoms with Gasteiger partial charge in [0, 0.05) is 12.2 Å². The number of amides is 1. The van der Waals surface area contributed by atoms with E-state index in [1.54, 1.807) is 30.3 Å². The molecule has 0 bridgehead atoms. The Morgan fingerprint density at radius 2 is 2.04 bits per heavy atom. The van der Waals surface area contributed by atoms with Gasteiger partial charge in [-0.15, -0.1) is 0 Å². The van der Waals surface area contributed by atoms with Gasteiger partial charge < -0.3 is 10.6 Å². The lowest BCUT2D eigenvalue weighted by atomic mass is 10.2. The maximum atomic E-state index is 12.4. The van der Waals surface area contributed by atoms with Crippen molar-refractivity contribution >= 4 is 17.5 Å². The Hall–Kier alpha value is -2.94. The molecule has 0 saturated heterocycles. The molecule has 6 heteroatoms. The van der Waals surface area contributed by atoms with E-state index in [0.29, 0.717) is 28.8 Å². The first-order chi connectivity index (χ1) is 11.0. The van der Waals surface area contributed by atoms with E-state index in [-0.39, 0.29) is 11.6 Å². The smallest absolute Gasteiger partial charge is 0.274 e. The second kappa shape index (κ2) is 7.36. The molecule has 1 heterocycles. The maximum Gasteiger partial charge on any atom is 0.274 e. The Balaban J connectivity index is 2.20. The summed E-state index contributed by atoms with van der Waals surface area (Å²) in [5, 5.41) is 14.9. The molecule has 0 fully saturated rings. The first-order valence-corrected chi connectivity index (χ1v) is 7.39. The summed E-state index contributed by atoms with van der Waals surface area (Å²) >= 11 is 0. The van der Waals surface area contributed by atoms with Crippen molar-refractivity contribution in [1.82, 2.24) is 9.97 Å². The van der Waals surface area contributed by atoms with Gasteiger partial charge in [0.2, 0.25) is 5.95 Å². The monoisotopic (exact) mass is 309 g/mol. The van der Waals surface area contributed by atoms with Gasteiger partial charge in [-0.05, 0) is 31.0 Å². The molecule has 0 spiro atoms. The number of nitriles is 1. The number of carbonyl (C=O) groups is 1. The van der Waals surface area contributed by atoms with Crippen LogP contribution >= 0.6 is 0 Å². The van der Waals surface area contributed by atoms with Crippen LogP contribution in [0.25, 0.3) is 0 Å². The van der Waals surface area contributed by atoms with E-state index in [1.807, 2.05) is 13.0 Å². The van der Waals surface area contributed by atoms with Gasteiger partial charge in [-0.2, -0.15) is 5.26 Å². The Labute approximate surface area is 135 Å². The normalized spacial score (nSPS) is 10.2. The number of aromatic nitrogens is 2. The molecular formula is C17H19N5O. The molecule has 0 saturated carbocycles. The van der Waals surface area contributed by atoms with Gasteiger partial charge in [-0.3, -0.25) is 4.79 Å². The van der Waals surface area contributed by atoms with Crippen molar-refractivity contribution < 1.29 is 4.79 Å². The zero-order chi connectivity index (χ0) is 16.8. The quantitative estimate of drug-likeness (QED) is 0.886. The number of hydrogen-bond donors (Lipinski definition) is 2. The fraction of sp³-hybridized carbons (Fsp3) is 0.294. The second-order valence-corrected chi connectivity index (χ2v) is 5.60. The number of nitrogens with one attached hydrogen (secondary N) is 2. The first-order valence-electron chi connectivity index (χ1n) is 7.39. The largest absolute Gasteiger partial charge is 0.354 e. The Bertz CT molecular complexity index is 749. The summed E-state index contributed by atoms with van der Waals surface area (Å²) in [5.74, 6) is 0.502. The first kappa shape index (κ1) is 16.4. The summed E-state index contributed by atoms with van der Waals surface area (Å²) in [7, 11) is 0. The average molecular weight is 309 g/mol. The highest BCUT2D eigenvalue weighted by Crippen LogP contribution is 2.15. The van der Waals surface area contributed by atoms with Crippen LogP contribution < -0.4 is 10.6 Å². The fourth-order valence-electron chi connectivity index (χ4n) is 1.94. The number of aryl methyl sites for hydroxylation is 1. The van der Waals surface area contributed by atoms with Gasteiger partial charge >= 0.3 is 0 Å². The number of para-hydroxylation sites is 1. The van der Waals surface area contributed by atoms with Crippen LogP contribution in [0.1, 0.15) is 35.6 Å². The van der Waals surface area contributed by atoms with Gasteiger partial charge in [0.05, 0.1) is 11.3 Å². The minimum atomic E-state index is -0.370. The van der Waals surface area contributed by atoms with E-state index < -0.39 is 0 Å². The van der Waals surface area contributed by atoms with Crippen LogP contribution in [0, 0.1) is 24.2 Å². The van der Waals surface area contributed by atoms with Gasteiger partial charge in [0.1, 0.15) is 11.8 Å². The van der Waals surface area contributed by atoms with Crippen molar-refractivity contribution in [3.05, 3.63) is 47.3 Å². The van der Waals surface area contributed by atoms with E-state index >= 15 is 0 Å². The van der Waals surface area contributed by atoms with Crippen LogP contribution in [0.15, 0.2) is 30.3 Å². The highest BCUT2D eigenvalue weighted by Gasteiger charge is 2.12. The van der Waals surface area contributed by atoms with Crippen LogP contribution in [-0.4, -0.2) is 22.4 Å². The number of nitrogens with zero attached hydrogens (tertiary/aromatic N) is 3. The molecule has 0 aliphatic rings. The maximum absolute atomic E-state index is 12.4. The number of anilines is 2. The summed E-state index contributed by atoms with van der Waals surface area (Å²) in [6.07, 6.45) is 0. The molecule has 0 radical (unpaired) electrons. The Morgan fingerprint density at radius 3 is 2.74 bits per heavy atom. The van der Waals surface area contributed by atoms with Gasteiger partial charge in [-0.1, -0.05) is 26.0 Å². The van der Waals surface area contributed by atoms with Crippen LogP contribution in [0.4, 0.5) is 11.6 Å². The van der Waals surface area contributed by atoms with Crippen molar-refractivity contribution in [3.8, 4) is 6.07 Å². The molecule has 1 amide bonds. The van der Waals surface area contributed by atoms with Crippen LogP contribution in [0.3, 0.4) is 0 Å². The highest BCUT2D eigenvalue weighted by molar-refractivity contribution is 6.03. The van der Waals surface area contributed by atoms with E-state index in [9.17, 15) is 4.79 Å². The van der Waals surface area contributed by atoms with Crippen molar-refractivity contribution in [3.63, 3.8) is 0 Å². The van der Waals surface area contributed by atoms with Crippen LogP contribution in [0.5, 0.6) is 0 Å². The molecule has 1 aromatic heterocycles. The molecule has 2 rings (SSSR count). The minimum Gasteiger partial charge on any atom is -0.354 e. The average Bonchev–Trinajstić information content (AvgIpc) is 2.53. The molecular weight excluding hydrogens is 290 g/mol. The van der Waals surface area contributed by atoms with Crippen molar-refractivity contribution in [1.29, 1.82) is 5.26 Å². The van der Waals surface area contributed by atoms with Gasteiger partial charge in [0.15, 0.2) is 0 Å². The molecule has 0 aliphatic heterocycles. The topological polar surface area (TPSA) is 90.7 Å². The molecule has 2 aromatic rings. The van der Waals surface area contributed by atoms with E-state index in [2.05, 4.69) is 34.4 Å². The van der Waals surface area contributed by atoms with Gasteiger partial charge in [0.25, 0.3) is 5.91 Å². The Morgan fingerprint density at radius 1 is 1.30 bits per heavy atom. The van der Waals surface area contributed by atoms with E-state index in [4.69, 9.17) is 5.26 Å². The molecule has 2 N–H and O–H groups in total. The summed E-state index contributed by atoms with van der Waals surface area (Å²) in [6.45, 7) is 6.69. The summed E-state index contributed by atoms with van der Waals surface area (Å²) in [5.41, 5.74) is 1.83. The molecule has 6 nitrogen and oxygen atoms in total. The lowest BCUT2D eigenvalue weighted by molar-refractivity contribution is 0.102. The third kappa shape index (κ3) is 4.51.